The van der Waals surface area contributed by atoms with E-state index in [9.17, 15) is 4.79 Å². The van der Waals surface area contributed by atoms with Crippen molar-refractivity contribution in [3.63, 3.8) is 0 Å². The second-order valence-electron chi connectivity index (χ2n) is 6.62. The molecule has 2 fully saturated rings. The van der Waals surface area contributed by atoms with Crippen molar-refractivity contribution in [1.82, 2.24) is 25.0 Å². The quantitative estimate of drug-likeness (QED) is 0.924. The highest BCUT2D eigenvalue weighted by Gasteiger charge is 2.40. The molecule has 1 aromatic heterocycles. The standard InChI is InChI=1S/C17H21N5O/c23-15(21-8-6-17(7-9-21)11-18-12-17)10-22-13-19-16(20-22)14-4-2-1-3-5-14/h1-5,13,18H,6-12H2. The first-order valence-corrected chi connectivity index (χ1v) is 8.18. The average molecular weight is 311 g/mol. The summed E-state index contributed by atoms with van der Waals surface area (Å²) in [6.45, 7) is 4.21. The Kier molecular flexibility index (Phi) is 3.61. The van der Waals surface area contributed by atoms with Crippen molar-refractivity contribution in [1.29, 1.82) is 0 Å². The zero-order valence-electron chi connectivity index (χ0n) is 13.1. The Morgan fingerprint density at radius 1 is 1.17 bits per heavy atom. The number of benzene rings is 1. The third kappa shape index (κ3) is 2.86. The van der Waals surface area contributed by atoms with Gasteiger partial charge in [0.05, 0.1) is 0 Å². The van der Waals surface area contributed by atoms with Gasteiger partial charge in [-0.05, 0) is 18.3 Å². The smallest absolute Gasteiger partial charge is 0.244 e. The van der Waals surface area contributed by atoms with Crippen LogP contribution in [0.5, 0.6) is 0 Å². The van der Waals surface area contributed by atoms with E-state index in [1.54, 1.807) is 11.0 Å². The minimum absolute atomic E-state index is 0.136. The fraction of sp³-hybridized carbons (Fsp3) is 0.471. The van der Waals surface area contributed by atoms with Crippen LogP contribution in [0.2, 0.25) is 0 Å². The number of hydrogen-bond acceptors (Lipinski definition) is 4. The first kappa shape index (κ1) is 14.4. The largest absolute Gasteiger partial charge is 0.341 e. The van der Waals surface area contributed by atoms with Crippen LogP contribution >= 0.6 is 0 Å². The molecule has 2 aliphatic rings. The fourth-order valence-electron chi connectivity index (χ4n) is 3.39. The van der Waals surface area contributed by atoms with Crippen molar-refractivity contribution >= 4 is 5.91 Å². The maximum atomic E-state index is 12.5. The monoisotopic (exact) mass is 311 g/mol. The number of rotatable bonds is 3. The summed E-state index contributed by atoms with van der Waals surface area (Å²) < 4.78 is 1.64. The molecule has 3 heterocycles. The fourth-order valence-corrected chi connectivity index (χ4v) is 3.39. The molecule has 0 atom stereocenters. The minimum atomic E-state index is 0.136. The molecule has 2 aromatic rings. The van der Waals surface area contributed by atoms with Gasteiger partial charge in [0.2, 0.25) is 5.91 Å². The molecule has 6 nitrogen and oxygen atoms in total. The summed E-state index contributed by atoms with van der Waals surface area (Å²) in [5.74, 6) is 0.799. The van der Waals surface area contributed by atoms with Crippen molar-refractivity contribution in [3.8, 4) is 11.4 Å². The van der Waals surface area contributed by atoms with E-state index >= 15 is 0 Å². The number of carbonyl (C=O) groups excluding carboxylic acids is 1. The van der Waals surface area contributed by atoms with Gasteiger partial charge < -0.3 is 10.2 Å². The third-order valence-corrected chi connectivity index (χ3v) is 5.04. The molecule has 120 valence electrons. The van der Waals surface area contributed by atoms with Crippen LogP contribution in [-0.2, 0) is 11.3 Å². The summed E-state index contributed by atoms with van der Waals surface area (Å²) in [4.78, 5) is 18.7. The maximum Gasteiger partial charge on any atom is 0.244 e. The van der Waals surface area contributed by atoms with Gasteiger partial charge >= 0.3 is 0 Å². The van der Waals surface area contributed by atoms with Crippen LogP contribution in [0.25, 0.3) is 11.4 Å². The predicted molar refractivity (Wildman–Crippen MR) is 86.6 cm³/mol. The van der Waals surface area contributed by atoms with Crippen molar-refractivity contribution in [2.24, 2.45) is 5.41 Å². The number of amides is 1. The van der Waals surface area contributed by atoms with E-state index in [0.29, 0.717) is 11.2 Å². The molecule has 23 heavy (non-hydrogen) atoms. The van der Waals surface area contributed by atoms with Crippen LogP contribution in [0.15, 0.2) is 36.7 Å². The van der Waals surface area contributed by atoms with E-state index in [1.165, 1.54) is 0 Å². The Balaban J connectivity index is 1.37. The molecule has 0 bridgehead atoms. The molecule has 0 radical (unpaired) electrons. The number of aromatic nitrogens is 3. The number of piperidine rings is 1. The van der Waals surface area contributed by atoms with E-state index in [-0.39, 0.29) is 12.5 Å². The lowest BCUT2D eigenvalue weighted by atomic mass is 9.73. The molecule has 2 saturated heterocycles. The zero-order chi connectivity index (χ0) is 15.7. The Morgan fingerprint density at radius 3 is 2.57 bits per heavy atom. The lowest BCUT2D eigenvalue weighted by Gasteiger charge is -2.48. The Bertz CT molecular complexity index is 682. The van der Waals surface area contributed by atoms with Gasteiger partial charge in [-0.2, -0.15) is 5.10 Å². The summed E-state index contributed by atoms with van der Waals surface area (Å²) in [6.07, 6.45) is 3.86. The molecule has 0 saturated carbocycles. The molecule has 0 unspecified atom stereocenters. The molecule has 1 spiro atoms. The first-order valence-electron chi connectivity index (χ1n) is 8.18. The van der Waals surface area contributed by atoms with Gasteiger partial charge in [-0.3, -0.25) is 4.79 Å². The second kappa shape index (κ2) is 5.77. The average Bonchev–Trinajstić information content (AvgIpc) is 3.03. The van der Waals surface area contributed by atoms with Gasteiger partial charge in [-0.15, -0.1) is 0 Å². The van der Waals surface area contributed by atoms with Gasteiger partial charge in [-0.25, -0.2) is 9.67 Å². The van der Waals surface area contributed by atoms with Crippen molar-refractivity contribution < 1.29 is 4.79 Å². The third-order valence-electron chi connectivity index (χ3n) is 5.04. The van der Waals surface area contributed by atoms with Crippen molar-refractivity contribution in [2.45, 2.75) is 19.4 Å². The minimum Gasteiger partial charge on any atom is -0.341 e. The Hall–Kier alpha value is -2.21. The van der Waals surface area contributed by atoms with Gasteiger partial charge in [0.15, 0.2) is 5.82 Å². The van der Waals surface area contributed by atoms with Gasteiger partial charge in [-0.1, -0.05) is 30.3 Å². The molecular formula is C17H21N5O. The highest BCUT2D eigenvalue weighted by atomic mass is 16.2. The van der Waals surface area contributed by atoms with E-state index in [0.717, 1.165) is 44.6 Å². The van der Waals surface area contributed by atoms with E-state index in [1.807, 2.05) is 35.2 Å². The highest BCUT2D eigenvalue weighted by Crippen LogP contribution is 2.34. The lowest BCUT2D eigenvalue weighted by Crippen LogP contribution is -2.59. The van der Waals surface area contributed by atoms with Crippen LogP contribution in [0, 0.1) is 5.41 Å². The van der Waals surface area contributed by atoms with E-state index in [2.05, 4.69) is 15.4 Å². The van der Waals surface area contributed by atoms with Crippen molar-refractivity contribution in [3.05, 3.63) is 36.7 Å². The molecule has 6 heteroatoms. The number of nitrogens with zero attached hydrogens (tertiary/aromatic N) is 4. The number of carbonyl (C=O) groups is 1. The summed E-state index contributed by atoms with van der Waals surface area (Å²) in [5.41, 5.74) is 1.43. The maximum absolute atomic E-state index is 12.5. The summed E-state index contributed by atoms with van der Waals surface area (Å²) >= 11 is 0. The molecular weight excluding hydrogens is 290 g/mol. The SMILES string of the molecule is O=C(Cn1cnc(-c2ccccc2)n1)N1CCC2(CC1)CNC2. The zero-order valence-corrected chi connectivity index (χ0v) is 13.1. The predicted octanol–water partition coefficient (Wildman–Crippen LogP) is 1.16. The van der Waals surface area contributed by atoms with Gasteiger partial charge in [0.1, 0.15) is 12.9 Å². The van der Waals surface area contributed by atoms with E-state index in [4.69, 9.17) is 0 Å². The highest BCUT2D eigenvalue weighted by molar-refractivity contribution is 5.76. The van der Waals surface area contributed by atoms with Crippen LogP contribution in [0.4, 0.5) is 0 Å². The first-order chi connectivity index (χ1) is 11.2. The molecule has 1 N–H and O–H groups in total. The number of likely N-dealkylation sites (tertiary alicyclic amines) is 1. The van der Waals surface area contributed by atoms with Crippen LogP contribution in [0.1, 0.15) is 12.8 Å². The molecule has 4 rings (SSSR count). The number of nitrogens with one attached hydrogen (secondary N) is 1. The van der Waals surface area contributed by atoms with Crippen molar-refractivity contribution in [2.75, 3.05) is 26.2 Å². The van der Waals surface area contributed by atoms with Crippen LogP contribution in [0.3, 0.4) is 0 Å². The van der Waals surface area contributed by atoms with Crippen LogP contribution < -0.4 is 5.32 Å². The summed E-state index contributed by atoms with van der Waals surface area (Å²) in [5, 5.41) is 7.77. The Morgan fingerprint density at radius 2 is 1.91 bits per heavy atom. The topological polar surface area (TPSA) is 63.1 Å². The normalized spacial score (nSPS) is 19.6. The molecule has 1 aromatic carbocycles. The van der Waals surface area contributed by atoms with E-state index < -0.39 is 0 Å². The Labute approximate surface area is 135 Å². The van der Waals surface area contributed by atoms with Gasteiger partial charge in [0.25, 0.3) is 0 Å². The second-order valence-corrected chi connectivity index (χ2v) is 6.62. The summed E-state index contributed by atoms with van der Waals surface area (Å²) in [7, 11) is 0. The molecule has 0 aliphatic carbocycles. The lowest BCUT2D eigenvalue weighted by molar-refractivity contribution is -0.135. The number of hydrogen-bond donors (Lipinski definition) is 1. The molecule has 1 amide bonds. The summed E-state index contributed by atoms with van der Waals surface area (Å²) in [6, 6.07) is 9.82. The van der Waals surface area contributed by atoms with Crippen LogP contribution in [-0.4, -0.2) is 51.8 Å². The van der Waals surface area contributed by atoms with Gasteiger partial charge in [0, 0.05) is 31.7 Å². The molecule has 2 aliphatic heterocycles.